The molecule has 1 aliphatic carbocycles. The molecule has 1 fully saturated rings. The molecule has 0 N–H and O–H groups in total. The highest BCUT2D eigenvalue weighted by atomic mass is 16.1. The van der Waals surface area contributed by atoms with E-state index in [1.165, 1.54) is 12.8 Å². The van der Waals surface area contributed by atoms with Gasteiger partial charge in [-0.2, -0.15) is 5.10 Å². The van der Waals surface area contributed by atoms with Crippen molar-refractivity contribution in [2.45, 2.75) is 18.8 Å². The standard InChI is InChI=1S/C12H12N2O/c1-14-12-9(7-15)3-2-4-10(12)11(13-14)8-5-6-8/h2-4,7-8H,5-6H2,1H3. The van der Waals surface area contributed by atoms with Gasteiger partial charge in [0.15, 0.2) is 6.29 Å². The van der Waals surface area contributed by atoms with E-state index < -0.39 is 0 Å². The van der Waals surface area contributed by atoms with Crippen LogP contribution in [0.15, 0.2) is 18.2 Å². The summed E-state index contributed by atoms with van der Waals surface area (Å²) in [5.41, 5.74) is 2.86. The predicted octanol–water partition coefficient (Wildman–Crippen LogP) is 2.26. The zero-order valence-corrected chi connectivity index (χ0v) is 8.60. The fraction of sp³-hybridized carbons (Fsp3) is 0.333. The van der Waals surface area contributed by atoms with E-state index in [1.54, 1.807) is 0 Å². The average Bonchev–Trinajstić information content (AvgIpc) is 3.04. The third-order valence-electron chi connectivity index (χ3n) is 3.02. The Kier molecular flexibility index (Phi) is 1.69. The lowest BCUT2D eigenvalue weighted by atomic mass is 10.1. The molecule has 0 unspecified atom stereocenters. The van der Waals surface area contributed by atoms with Gasteiger partial charge in [-0.05, 0) is 18.9 Å². The maximum atomic E-state index is 10.9. The summed E-state index contributed by atoms with van der Waals surface area (Å²) in [5.74, 6) is 0.621. The van der Waals surface area contributed by atoms with Crippen molar-refractivity contribution in [3.8, 4) is 0 Å². The van der Waals surface area contributed by atoms with Crippen molar-refractivity contribution in [2.75, 3.05) is 0 Å². The number of aldehydes is 1. The molecule has 0 amide bonds. The summed E-state index contributed by atoms with van der Waals surface area (Å²) >= 11 is 0. The Morgan fingerprint density at radius 1 is 1.47 bits per heavy atom. The van der Waals surface area contributed by atoms with Crippen LogP contribution in [0.3, 0.4) is 0 Å². The first-order valence-corrected chi connectivity index (χ1v) is 5.22. The van der Waals surface area contributed by atoms with Crippen LogP contribution in [0.1, 0.15) is 34.8 Å². The lowest BCUT2D eigenvalue weighted by Crippen LogP contribution is -1.93. The van der Waals surface area contributed by atoms with Gasteiger partial charge in [0.25, 0.3) is 0 Å². The highest BCUT2D eigenvalue weighted by Crippen LogP contribution is 2.42. The van der Waals surface area contributed by atoms with E-state index in [-0.39, 0.29) is 0 Å². The first-order chi connectivity index (χ1) is 7.31. The van der Waals surface area contributed by atoms with E-state index >= 15 is 0 Å². The lowest BCUT2D eigenvalue weighted by molar-refractivity contribution is 0.112. The van der Waals surface area contributed by atoms with Crippen LogP contribution in [-0.2, 0) is 7.05 Å². The minimum absolute atomic E-state index is 0.621. The van der Waals surface area contributed by atoms with Crippen molar-refractivity contribution in [1.29, 1.82) is 0 Å². The zero-order valence-electron chi connectivity index (χ0n) is 8.60. The molecule has 2 aromatic rings. The van der Waals surface area contributed by atoms with Gasteiger partial charge in [0.1, 0.15) is 0 Å². The quantitative estimate of drug-likeness (QED) is 0.697. The Morgan fingerprint density at radius 2 is 2.27 bits per heavy atom. The Hall–Kier alpha value is -1.64. The zero-order chi connectivity index (χ0) is 10.4. The molecule has 15 heavy (non-hydrogen) atoms. The molecule has 0 radical (unpaired) electrons. The number of nitrogens with zero attached hydrogens (tertiary/aromatic N) is 2. The predicted molar refractivity (Wildman–Crippen MR) is 58.1 cm³/mol. The van der Waals surface area contributed by atoms with E-state index in [2.05, 4.69) is 11.2 Å². The van der Waals surface area contributed by atoms with Crippen molar-refractivity contribution in [2.24, 2.45) is 7.05 Å². The number of rotatable bonds is 2. The van der Waals surface area contributed by atoms with Crippen LogP contribution in [-0.4, -0.2) is 16.1 Å². The molecule has 0 atom stereocenters. The molecule has 0 saturated heterocycles. The summed E-state index contributed by atoms with van der Waals surface area (Å²) in [4.78, 5) is 10.9. The van der Waals surface area contributed by atoms with Crippen LogP contribution in [0.25, 0.3) is 10.9 Å². The lowest BCUT2D eigenvalue weighted by Gasteiger charge is -1.96. The van der Waals surface area contributed by atoms with Crippen molar-refractivity contribution < 1.29 is 4.79 Å². The molecule has 3 rings (SSSR count). The number of carbonyl (C=O) groups is 1. The van der Waals surface area contributed by atoms with Gasteiger partial charge < -0.3 is 0 Å². The fourth-order valence-corrected chi connectivity index (χ4v) is 2.15. The SMILES string of the molecule is Cn1nc(C2CC2)c2cccc(C=O)c21. The average molecular weight is 200 g/mol. The Balaban J connectivity index is 2.36. The maximum Gasteiger partial charge on any atom is 0.152 e. The van der Waals surface area contributed by atoms with Gasteiger partial charge in [0.2, 0.25) is 0 Å². The Labute approximate surface area is 87.7 Å². The van der Waals surface area contributed by atoms with Crippen molar-refractivity contribution in [3.63, 3.8) is 0 Å². The molecular formula is C12H12N2O. The molecule has 1 aliphatic rings. The normalized spacial score (nSPS) is 15.8. The van der Waals surface area contributed by atoms with Gasteiger partial charge >= 0.3 is 0 Å². The number of benzene rings is 1. The van der Waals surface area contributed by atoms with Crippen molar-refractivity contribution in [3.05, 3.63) is 29.5 Å². The number of carbonyl (C=O) groups excluding carboxylic acids is 1. The fourth-order valence-electron chi connectivity index (χ4n) is 2.15. The summed E-state index contributed by atoms with van der Waals surface area (Å²) < 4.78 is 1.83. The van der Waals surface area contributed by atoms with Gasteiger partial charge in [0.05, 0.1) is 11.2 Å². The molecule has 76 valence electrons. The smallest absolute Gasteiger partial charge is 0.152 e. The number of hydrogen-bond donors (Lipinski definition) is 0. The van der Waals surface area contributed by atoms with Crippen LogP contribution >= 0.6 is 0 Å². The second-order valence-corrected chi connectivity index (χ2v) is 4.14. The van der Waals surface area contributed by atoms with E-state index in [0.717, 1.165) is 28.4 Å². The third-order valence-corrected chi connectivity index (χ3v) is 3.02. The molecule has 0 bridgehead atoms. The molecule has 0 aliphatic heterocycles. The van der Waals surface area contributed by atoms with Crippen LogP contribution in [0.2, 0.25) is 0 Å². The largest absolute Gasteiger partial charge is 0.298 e. The molecule has 1 saturated carbocycles. The maximum absolute atomic E-state index is 10.9. The minimum Gasteiger partial charge on any atom is -0.298 e. The van der Waals surface area contributed by atoms with Gasteiger partial charge in [0, 0.05) is 23.9 Å². The van der Waals surface area contributed by atoms with Crippen LogP contribution < -0.4 is 0 Å². The van der Waals surface area contributed by atoms with E-state index in [1.807, 2.05) is 23.9 Å². The molecule has 3 heteroatoms. The first-order valence-electron chi connectivity index (χ1n) is 5.22. The molecule has 1 aromatic heterocycles. The Bertz CT molecular complexity index is 538. The Morgan fingerprint density at radius 3 is 2.93 bits per heavy atom. The van der Waals surface area contributed by atoms with Crippen LogP contribution in [0, 0.1) is 0 Å². The molecule has 1 heterocycles. The van der Waals surface area contributed by atoms with E-state index in [4.69, 9.17) is 0 Å². The topological polar surface area (TPSA) is 34.9 Å². The minimum atomic E-state index is 0.621. The van der Waals surface area contributed by atoms with Gasteiger partial charge in [-0.3, -0.25) is 9.48 Å². The summed E-state index contributed by atoms with van der Waals surface area (Å²) in [5, 5.41) is 5.66. The second kappa shape index (κ2) is 2.92. The summed E-state index contributed by atoms with van der Waals surface area (Å²) in [7, 11) is 1.90. The molecule has 0 spiro atoms. The summed E-state index contributed by atoms with van der Waals surface area (Å²) in [6.45, 7) is 0. The van der Waals surface area contributed by atoms with E-state index in [9.17, 15) is 4.79 Å². The highest BCUT2D eigenvalue weighted by Gasteiger charge is 2.28. The highest BCUT2D eigenvalue weighted by molar-refractivity contribution is 5.97. The number of aryl methyl sites for hydroxylation is 1. The molecule has 1 aromatic carbocycles. The first kappa shape index (κ1) is 8.65. The third kappa shape index (κ3) is 1.19. The second-order valence-electron chi connectivity index (χ2n) is 4.14. The van der Waals surface area contributed by atoms with Gasteiger partial charge in [-0.1, -0.05) is 12.1 Å². The molecule has 3 nitrogen and oxygen atoms in total. The van der Waals surface area contributed by atoms with Crippen molar-refractivity contribution >= 4 is 17.2 Å². The van der Waals surface area contributed by atoms with Gasteiger partial charge in [-0.25, -0.2) is 0 Å². The summed E-state index contributed by atoms with van der Waals surface area (Å²) in [6.07, 6.45) is 3.37. The number of hydrogen-bond acceptors (Lipinski definition) is 2. The van der Waals surface area contributed by atoms with Crippen LogP contribution in [0.4, 0.5) is 0 Å². The van der Waals surface area contributed by atoms with Crippen LogP contribution in [0.5, 0.6) is 0 Å². The number of aromatic nitrogens is 2. The molecular weight excluding hydrogens is 188 g/mol. The number of para-hydroxylation sites is 1. The van der Waals surface area contributed by atoms with Gasteiger partial charge in [-0.15, -0.1) is 0 Å². The van der Waals surface area contributed by atoms with Crippen molar-refractivity contribution in [1.82, 2.24) is 9.78 Å². The van der Waals surface area contributed by atoms with E-state index in [0.29, 0.717) is 5.92 Å². The summed E-state index contributed by atoms with van der Waals surface area (Å²) in [6, 6.07) is 5.83. The monoisotopic (exact) mass is 200 g/mol. The number of fused-ring (bicyclic) bond motifs is 1.